The van der Waals surface area contributed by atoms with E-state index in [4.69, 9.17) is 18.9 Å². The van der Waals surface area contributed by atoms with Crippen LogP contribution in [0.1, 0.15) is 119 Å². The molecule has 0 aromatic heterocycles. The number of methoxy groups -OCH3 is 1. The summed E-state index contributed by atoms with van der Waals surface area (Å²) in [5.41, 5.74) is 0.656. The standard InChI is InChI=1S/C40H68N4O9/c1-26(2)15-16-32-39(7,53-32)37-36(50-8)31(17-19-40(37)25-51-40)52-35(48)14-12-10-9-11-13-20-42-33(46)18-21-41-29(22-27(3)4)38(49)44-24-34(47)43-23-30(45)28(5)6/h15,27-29,31-32,36-37,41H,9-14,16-25H2,1-8H3,(H,42,46)(H,43,47)(H,44,49)/t29-,31?,32+,36?,37?,39?,40-/m0/s1. The van der Waals surface area contributed by atoms with Gasteiger partial charge in [0.1, 0.15) is 23.4 Å². The Hall–Kier alpha value is -2.87. The van der Waals surface area contributed by atoms with Gasteiger partial charge in [-0.25, -0.2) is 0 Å². The largest absolute Gasteiger partial charge is 0.460 e. The highest BCUT2D eigenvalue weighted by atomic mass is 16.6. The highest BCUT2D eigenvalue weighted by molar-refractivity contribution is 5.90. The fourth-order valence-electron chi connectivity index (χ4n) is 7.40. The molecule has 0 aromatic carbocycles. The first kappa shape index (κ1) is 44.5. The van der Waals surface area contributed by atoms with Gasteiger partial charge in [-0.1, -0.05) is 58.6 Å². The van der Waals surface area contributed by atoms with Gasteiger partial charge in [-0.15, -0.1) is 0 Å². The molecule has 3 aliphatic rings. The van der Waals surface area contributed by atoms with Crippen molar-refractivity contribution >= 4 is 29.5 Å². The van der Waals surface area contributed by atoms with Crippen LogP contribution in [-0.2, 0) is 42.9 Å². The molecule has 2 heterocycles. The van der Waals surface area contributed by atoms with E-state index in [2.05, 4.69) is 48.1 Å². The summed E-state index contributed by atoms with van der Waals surface area (Å²) in [6.07, 6.45) is 9.65. The lowest BCUT2D eigenvalue weighted by atomic mass is 9.68. The number of hydrogen-bond acceptors (Lipinski definition) is 10. The van der Waals surface area contributed by atoms with Crippen LogP contribution in [0.2, 0.25) is 0 Å². The van der Waals surface area contributed by atoms with Gasteiger partial charge in [0, 0.05) is 39.0 Å². The average Bonchev–Trinajstić information content (AvgIpc) is 4.02. The van der Waals surface area contributed by atoms with Gasteiger partial charge in [-0.3, -0.25) is 24.0 Å². The molecule has 3 rings (SSSR count). The molecule has 7 atom stereocenters. The molecule has 2 saturated heterocycles. The van der Waals surface area contributed by atoms with Gasteiger partial charge in [0.15, 0.2) is 5.78 Å². The number of carbonyl (C=O) groups excluding carboxylic acids is 5. The van der Waals surface area contributed by atoms with Gasteiger partial charge >= 0.3 is 5.97 Å². The summed E-state index contributed by atoms with van der Waals surface area (Å²) < 4.78 is 24.3. The van der Waals surface area contributed by atoms with Crippen molar-refractivity contribution in [3.05, 3.63) is 11.6 Å². The van der Waals surface area contributed by atoms with E-state index in [1.807, 2.05) is 13.8 Å². The van der Waals surface area contributed by atoms with Crippen molar-refractivity contribution in [3.8, 4) is 0 Å². The number of amides is 3. The molecular formula is C40H68N4O9. The molecule has 3 amide bonds. The van der Waals surface area contributed by atoms with Crippen LogP contribution >= 0.6 is 0 Å². The molecule has 1 saturated carbocycles. The fourth-order valence-corrected chi connectivity index (χ4v) is 7.40. The number of ether oxygens (including phenoxy) is 4. The molecule has 1 spiro atoms. The second-order valence-electron chi connectivity index (χ2n) is 16.3. The topological polar surface area (TPSA) is 177 Å². The quantitative estimate of drug-likeness (QED) is 0.0464. The van der Waals surface area contributed by atoms with Crippen molar-refractivity contribution in [3.63, 3.8) is 0 Å². The molecule has 13 heteroatoms. The summed E-state index contributed by atoms with van der Waals surface area (Å²) in [5, 5.41) is 11.2. The lowest BCUT2D eigenvalue weighted by molar-refractivity contribution is -0.172. The zero-order valence-corrected chi connectivity index (χ0v) is 33.6. The number of rotatable bonds is 25. The molecule has 0 radical (unpaired) electrons. The second kappa shape index (κ2) is 21.3. The number of unbranched alkanes of at least 4 members (excludes halogenated alkanes) is 4. The number of epoxide rings is 2. The Labute approximate surface area is 317 Å². The smallest absolute Gasteiger partial charge is 0.306 e. The van der Waals surface area contributed by atoms with Gasteiger partial charge in [0.2, 0.25) is 17.7 Å². The lowest BCUT2D eigenvalue weighted by Crippen LogP contribution is -2.55. The molecular weight excluding hydrogens is 680 g/mol. The van der Waals surface area contributed by atoms with E-state index in [1.54, 1.807) is 21.0 Å². The Kier molecular flexibility index (Phi) is 17.9. The summed E-state index contributed by atoms with van der Waals surface area (Å²) in [6, 6.07) is -0.540. The van der Waals surface area contributed by atoms with Gasteiger partial charge in [-0.2, -0.15) is 0 Å². The van der Waals surface area contributed by atoms with Crippen LogP contribution in [0.3, 0.4) is 0 Å². The van der Waals surface area contributed by atoms with E-state index in [0.29, 0.717) is 32.5 Å². The number of hydrogen-bond donors (Lipinski definition) is 4. The molecule has 0 bridgehead atoms. The van der Waals surface area contributed by atoms with E-state index in [9.17, 15) is 24.0 Å². The third-order valence-electron chi connectivity index (χ3n) is 10.7. The van der Waals surface area contributed by atoms with Gasteiger partial charge in [-0.05, 0) is 65.2 Å². The van der Waals surface area contributed by atoms with Crippen molar-refractivity contribution in [2.75, 3.05) is 39.9 Å². The molecule has 53 heavy (non-hydrogen) atoms. The summed E-state index contributed by atoms with van der Waals surface area (Å²) in [7, 11) is 1.69. The first-order chi connectivity index (χ1) is 25.1. The third kappa shape index (κ3) is 14.4. The van der Waals surface area contributed by atoms with Crippen molar-refractivity contribution in [1.82, 2.24) is 21.3 Å². The molecule has 1 aliphatic carbocycles. The molecule has 4 unspecified atom stereocenters. The fraction of sp³-hybridized carbons (Fsp3) is 0.825. The summed E-state index contributed by atoms with van der Waals surface area (Å²) in [6.45, 7) is 15.2. The van der Waals surface area contributed by atoms with Crippen molar-refractivity contribution in [2.45, 2.75) is 155 Å². The van der Waals surface area contributed by atoms with Crippen LogP contribution in [0.4, 0.5) is 0 Å². The maximum Gasteiger partial charge on any atom is 0.306 e. The summed E-state index contributed by atoms with van der Waals surface area (Å²) in [5.74, 6) is -1.04. The monoisotopic (exact) mass is 748 g/mol. The number of carbonyl (C=O) groups is 5. The van der Waals surface area contributed by atoms with Crippen molar-refractivity contribution in [1.29, 1.82) is 0 Å². The van der Waals surface area contributed by atoms with E-state index in [0.717, 1.165) is 51.4 Å². The number of ketones is 1. The molecule has 3 fully saturated rings. The highest BCUT2D eigenvalue weighted by Gasteiger charge is 2.72. The van der Waals surface area contributed by atoms with Gasteiger partial charge in [0.25, 0.3) is 0 Å². The lowest BCUT2D eigenvalue weighted by Gasteiger charge is -2.42. The molecule has 13 nitrogen and oxygen atoms in total. The molecule has 0 aromatic rings. The number of Topliss-reactive ketones (excluding diaryl/α,β-unsaturated/α-hetero) is 1. The Balaban J connectivity index is 1.26. The molecule has 2 aliphatic heterocycles. The zero-order valence-electron chi connectivity index (χ0n) is 33.6. The van der Waals surface area contributed by atoms with E-state index in [1.165, 1.54) is 5.57 Å². The summed E-state index contributed by atoms with van der Waals surface area (Å²) in [4.78, 5) is 61.8. The highest BCUT2D eigenvalue weighted by Crippen LogP contribution is 2.59. The predicted octanol–water partition coefficient (Wildman–Crippen LogP) is 3.91. The van der Waals surface area contributed by atoms with Crippen LogP contribution in [-0.4, -0.2) is 105 Å². The summed E-state index contributed by atoms with van der Waals surface area (Å²) >= 11 is 0. The average molecular weight is 749 g/mol. The van der Waals surface area contributed by atoms with Crippen LogP contribution in [0.15, 0.2) is 11.6 Å². The normalized spacial score (nSPS) is 26.5. The van der Waals surface area contributed by atoms with E-state index < -0.39 is 11.9 Å². The maximum atomic E-state index is 12.9. The van der Waals surface area contributed by atoms with Crippen LogP contribution in [0, 0.1) is 17.8 Å². The minimum atomic E-state index is -0.540. The third-order valence-corrected chi connectivity index (χ3v) is 10.7. The first-order valence-corrected chi connectivity index (χ1v) is 19.9. The Morgan fingerprint density at radius 1 is 0.887 bits per heavy atom. The number of esters is 1. The van der Waals surface area contributed by atoms with E-state index in [-0.39, 0.29) is 90.3 Å². The minimum absolute atomic E-state index is 0.00725. The van der Waals surface area contributed by atoms with Crippen molar-refractivity contribution in [2.24, 2.45) is 17.8 Å². The van der Waals surface area contributed by atoms with Crippen LogP contribution < -0.4 is 21.3 Å². The number of nitrogens with one attached hydrogen (secondary N) is 4. The van der Waals surface area contributed by atoms with Crippen LogP contribution in [0.25, 0.3) is 0 Å². The Morgan fingerprint density at radius 3 is 2.23 bits per heavy atom. The van der Waals surface area contributed by atoms with Crippen molar-refractivity contribution < 1.29 is 42.9 Å². The maximum absolute atomic E-state index is 12.9. The molecule has 302 valence electrons. The first-order valence-electron chi connectivity index (χ1n) is 19.9. The number of allylic oxidation sites excluding steroid dienone is 1. The van der Waals surface area contributed by atoms with E-state index >= 15 is 0 Å². The predicted molar refractivity (Wildman–Crippen MR) is 202 cm³/mol. The van der Waals surface area contributed by atoms with Gasteiger partial charge in [0.05, 0.1) is 37.8 Å². The minimum Gasteiger partial charge on any atom is -0.460 e. The SMILES string of the molecule is COC1C(OC(=O)CCCCCCCNC(=O)CCN[C@@H](CC(C)C)C(=O)NCC(=O)NCC(=O)C(C)C)CC[C@]2(CO2)C1C1(C)O[C@@H]1CC=C(C)C. The molecule has 4 N–H and O–H groups in total. The Bertz CT molecular complexity index is 1260. The van der Waals surface area contributed by atoms with Crippen LogP contribution in [0.5, 0.6) is 0 Å². The Morgan fingerprint density at radius 2 is 1.58 bits per heavy atom. The second-order valence-corrected chi connectivity index (χ2v) is 16.3. The zero-order chi connectivity index (χ0) is 39.2. The van der Waals surface area contributed by atoms with Gasteiger partial charge < -0.3 is 40.2 Å².